The van der Waals surface area contributed by atoms with Crippen LogP contribution in [0.25, 0.3) is 0 Å². The second-order valence-electron chi connectivity index (χ2n) is 5.33. The Hall–Kier alpha value is -1.55. The minimum absolute atomic E-state index is 0.521. The van der Waals surface area contributed by atoms with E-state index in [1.54, 1.807) is 0 Å². The number of hydrogen-bond donors (Lipinski definition) is 1. The molecule has 2 rings (SSSR count). The molecular weight excluding hydrogens is 236 g/mol. The quantitative estimate of drug-likeness (QED) is 0.865. The van der Waals surface area contributed by atoms with Crippen molar-refractivity contribution in [3.63, 3.8) is 0 Å². The Labute approximate surface area is 115 Å². The summed E-state index contributed by atoms with van der Waals surface area (Å²) in [5.41, 5.74) is 3.73. The lowest BCUT2D eigenvalue weighted by Gasteiger charge is -2.06. The molecule has 0 amide bonds. The summed E-state index contributed by atoms with van der Waals surface area (Å²) in [4.78, 5) is 0. The Morgan fingerprint density at radius 3 is 2.79 bits per heavy atom. The van der Waals surface area contributed by atoms with E-state index in [2.05, 4.69) is 60.3 Å². The first-order valence-electron chi connectivity index (χ1n) is 6.98. The Balaban J connectivity index is 2.00. The molecule has 1 N–H and O–H groups in total. The lowest BCUT2D eigenvalue weighted by molar-refractivity contribution is 0.587. The zero-order chi connectivity index (χ0) is 13.8. The van der Waals surface area contributed by atoms with E-state index >= 15 is 0 Å². The van der Waals surface area contributed by atoms with Gasteiger partial charge in [-0.15, -0.1) is 0 Å². The maximum atomic E-state index is 4.48. The SMILES string of the molecule is CCc1cc(Cn2ccc(CNC(C)C)c2)n(C)n1. The van der Waals surface area contributed by atoms with Crippen LogP contribution in [-0.2, 0) is 26.6 Å². The first-order valence-corrected chi connectivity index (χ1v) is 6.98. The van der Waals surface area contributed by atoms with Crippen LogP contribution in [0.4, 0.5) is 0 Å². The summed E-state index contributed by atoms with van der Waals surface area (Å²) in [6, 6.07) is 4.88. The molecule has 0 aromatic carbocycles. The molecule has 0 spiro atoms. The van der Waals surface area contributed by atoms with Crippen molar-refractivity contribution < 1.29 is 0 Å². The molecule has 0 fully saturated rings. The van der Waals surface area contributed by atoms with Gasteiger partial charge in [0.25, 0.3) is 0 Å². The molecule has 0 atom stereocenters. The van der Waals surface area contributed by atoms with E-state index < -0.39 is 0 Å². The maximum absolute atomic E-state index is 4.48. The highest BCUT2D eigenvalue weighted by atomic mass is 15.3. The minimum Gasteiger partial charge on any atom is -0.348 e. The maximum Gasteiger partial charge on any atom is 0.0639 e. The summed E-state index contributed by atoms with van der Waals surface area (Å²) < 4.78 is 4.19. The summed E-state index contributed by atoms with van der Waals surface area (Å²) in [6.45, 7) is 8.27. The highest BCUT2D eigenvalue weighted by Gasteiger charge is 2.05. The molecule has 4 heteroatoms. The zero-order valence-corrected chi connectivity index (χ0v) is 12.3. The molecule has 104 valence electrons. The van der Waals surface area contributed by atoms with Crippen LogP contribution >= 0.6 is 0 Å². The fraction of sp³-hybridized carbons (Fsp3) is 0.533. The second kappa shape index (κ2) is 6.06. The highest BCUT2D eigenvalue weighted by Crippen LogP contribution is 2.08. The van der Waals surface area contributed by atoms with E-state index in [-0.39, 0.29) is 0 Å². The van der Waals surface area contributed by atoms with Gasteiger partial charge in [0.1, 0.15) is 0 Å². The predicted molar refractivity (Wildman–Crippen MR) is 78.1 cm³/mol. The fourth-order valence-corrected chi connectivity index (χ4v) is 2.09. The smallest absolute Gasteiger partial charge is 0.0639 e. The van der Waals surface area contributed by atoms with E-state index in [4.69, 9.17) is 0 Å². The first-order chi connectivity index (χ1) is 9.08. The van der Waals surface area contributed by atoms with Crippen molar-refractivity contribution in [3.05, 3.63) is 41.5 Å². The standard InChI is InChI=1S/C15H24N4/c1-5-14-8-15(18(4)17-14)11-19-7-6-13(10-19)9-16-12(2)3/h6-8,10,12,16H,5,9,11H2,1-4H3. The van der Waals surface area contributed by atoms with Gasteiger partial charge in [-0.2, -0.15) is 5.10 Å². The lowest BCUT2D eigenvalue weighted by Crippen LogP contribution is -2.21. The van der Waals surface area contributed by atoms with Crippen molar-refractivity contribution in [2.24, 2.45) is 7.05 Å². The molecule has 19 heavy (non-hydrogen) atoms. The molecule has 0 radical (unpaired) electrons. The van der Waals surface area contributed by atoms with E-state index in [1.165, 1.54) is 11.3 Å². The average molecular weight is 260 g/mol. The number of aromatic nitrogens is 3. The zero-order valence-electron chi connectivity index (χ0n) is 12.3. The monoisotopic (exact) mass is 260 g/mol. The van der Waals surface area contributed by atoms with Crippen LogP contribution in [0.15, 0.2) is 24.5 Å². The molecule has 2 heterocycles. The average Bonchev–Trinajstić information content (AvgIpc) is 2.95. The predicted octanol–water partition coefficient (Wildman–Crippen LogP) is 2.33. The molecular formula is C15H24N4. The van der Waals surface area contributed by atoms with Gasteiger partial charge in [0, 0.05) is 32.0 Å². The Morgan fingerprint density at radius 1 is 1.37 bits per heavy atom. The number of nitrogens with zero attached hydrogens (tertiary/aromatic N) is 3. The van der Waals surface area contributed by atoms with Crippen molar-refractivity contribution in [1.29, 1.82) is 0 Å². The van der Waals surface area contributed by atoms with Gasteiger partial charge in [-0.25, -0.2) is 0 Å². The molecule has 0 aliphatic carbocycles. The van der Waals surface area contributed by atoms with Crippen molar-refractivity contribution in [2.75, 3.05) is 0 Å². The van der Waals surface area contributed by atoms with Crippen LogP contribution in [0.5, 0.6) is 0 Å². The molecule has 0 aliphatic heterocycles. The molecule has 0 saturated carbocycles. The third-order valence-corrected chi connectivity index (χ3v) is 3.26. The van der Waals surface area contributed by atoms with Gasteiger partial charge in [-0.3, -0.25) is 4.68 Å². The number of hydrogen-bond acceptors (Lipinski definition) is 2. The van der Waals surface area contributed by atoms with Gasteiger partial charge in [-0.1, -0.05) is 20.8 Å². The normalized spacial score (nSPS) is 11.4. The molecule has 0 saturated heterocycles. The summed E-state index contributed by atoms with van der Waals surface area (Å²) in [5.74, 6) is 0. The van der Waals surface area contributed by atoms with E-state index in [0.29, 0.717) is 6.04 Å². The fourth-order valence-electron chi connectivity index (χ4n) is 2.09. The van der Waals surface area contributed by atoms with Crippen LogP contribution < -0.4 is 5.32 Å². The van der Waals surface area contributed by atoms with Gasteiger partial charge < -0.3 is 9.88 Å². The highest BCUT2D eigenvalue weighted by molar-refractivity contribution is 5.14. The summed E-state index contributed by atoms with van der Waals surface area (Å²) in [6.07, 6.45) is 5.33. The van der Waals surface area contributed by atoms with Gasteiger partial charge in [0.05, 0.1) is 17.9 Å². The topological polar surface area (TPSA) is 34.8 Å². The van der Waals surface area contributed by atoms with Crippen molar-refractivity contribution in [1.82, 2.24) is 19.7 Å². The van der Waals surface area contributed by atoms with Crippen molar-refractivity contribution in [3.8, 4) is 0 Å². The van der Waals surface area contributed by atoms with Crippen LogP contribution in [-0.4, -0.2) is 20.4 Å². The Bertz CT molecular complexity index is 522. The van der Waals surface area contributed by atoms with Crippen LogP contribution in [0.1, 0.15) is 37.7 Å². The van der Waals surface area contributed by atoms with Crippen molar-refractivity contribution >= 4 is 0 Å². The molecule has 2 aromatic heterocycles. The number of aryl methyl sites for hydroxylation is 2. The van der Waals surface area contributed by atoms with Gasteiger partial charge in [-0.05, 0) is 24.1 Å². The lowest BCUT2D eigenvalue weighted by atomic mass is 10.3. The number of rotatable bonds is 6. The van der Waals surface area contributed by atoms with Crippen LogP contribution in [0.3, 0.4) is 0 Å². The third-order valence-electron chi connectivity index (χ3n) is 3.26. The second-order valence-corrected chi connectivity index (χ2v) is 5.33. The van der Waals surface area contributed by atoms with Crippen LogP contribution in [0, 0.1) is 0 Å². The summed E-state index contributed by atoms with van der Waals surface area (Å²) >= 11 is 0. The van der Waals surface area contributed by atoms with Gasteiger partial charge in [0.15, 0.2) is 0 Å². The largest absolute Gasteiger partial charge is 0.348 e. The summed E-state index contributed by atoms with van der Waals surface area (Å²) in [7, 11) is 2.01. The Kier molecular flexibility index (Phi) is 4.43. The van der Waals surface area contributed by atoms with Gasteiger partial charge in [0.2, 0.25) is 0 Å². The molecule has 4 nitrogen and oxygen atoms in total. The Morgan fingerprint density at radius 2 is 2.16 bits per heavy atom. The molecule has 0 unspecified atom stereocenters. The molecule has 0 bridgehead atoms. The number of nitrogens with one attached hydrogen (secondary N) is 1. The summed E-state index contributed by atoms with van der Waals surface area (Å²) in [5, 5.41) is 7.92. The van der Waals surface area contributed by atoms with Crippen LogP contribution in [0.2, 0.25) is 0 Å². The minimum atomic E-state index is 0.521. The van der Waals surface area contributed by atoms with E-state index in [1.807, 2.05) is 11.7 Å². The molecule has 2 aromatic rings. The third kappa shape index (κ3) is 3.70. The van der Waals surface area contributed by atoms with Crippen molar-refractivity contribution in [2.45, 2.75) is 46.3 Å². The van der Waals surface area contributed by atoms with Gasteiger partial charge >= 0.3 is 0 Å². The van der Waals surface area contributed by atoms with E-state index in [9.17, 15) is 0 Å². The van der Waals surface area contributed by atoms with E-state index in [0.717, 1.165) is 25.2 Å². The first kappa shape index (κ1) is 13.9. The molecule has 0 aliphatic rings.